The van der Waals surface area contributed by atoms with Crippen molar-refractivity contribution in [1.82, 2.24) is 0 Å². The summed E-state index contributed by atoms with van der Waals surface area (Å²) in [6.07, 6.45) is -0.159. The van der Waals surface area contributed by atoms with Gasteiger partial charge in [-0.1, -0.05) is 0 Å². The molecule has 0 bridgehead atoms. The van der Waals surface area contributed by atoms with Gasteiger partial charge >= 0.3 is 5.97 Å². The van der Waals surface area contributed by atoms with E-state index in [2.05, 4.69) is 20.7 Å². The molecule has 110 valence electrons. The first-order valence-electron chi connectivity index (χ1n) is 6.39. The van der Waals surface area contributed by atoms with Crippen LogP contribution in [0.5, 0.6) is 11.5 Å². The second-order valence-corrected chi connectivity index (χ2v) is 5.49. The van der Waals surface area contributed by atoms with Crippen molar-refractivity contribution in [3.63, 3.8) is 0 Å². The van der Waals surface area contributed by atoms with E-state index < -0.39 is 18.0 Å². The summed E-state index contributed by atoms with van der Waals surface area (Å²) in [5, 5.41) is 10.3. The number of hydrogen-bond acceptors (Lipinski definition) is 5. The predicted molar refractivity (Wildman–Crippen MR) is 75.9 cm³/mol. The summed E-state index contributed by atoms with van der Waals surface area (Å²) in [5.41, 5.74) is 0.582. The zero-order chi connectivity index (χ0) is 14.7. The maximum atomic E-state index is 11.5. The number of hydrogen-bond donors (Lipinski definition) is 1. The zero-order valence-electron chi connectivity index (χ0n) is 11.4. The van der Waals surface area contributed by atoms with Crippen molar-refractivity contribution in [3.8, 4) is 11.5 Å². The molecule has 1 heterocycles. The summed E-state index contributed by atoms with van der Waals surface area (Å²) in [6, 6.07) is 3.44. The van der Waals surface area contributed by atoms with Crippen LogP contribution in [0.1, 0.15) is 25.0 Å². The number of carbonyl (C=O) groups is 1. The van der Waals surface area contributed by atoms with Gasteiger partial charge in [-0.15, -0.1) is 0 Å². The summed E-state index contributed by atoms with van der Waals surface area (Å²) >= 11 is 3.41. The molecule has 0 saturated heterocycles. The van der Waals surface area contributed by atoms with Crippen molar-refractivity contribution in [2.75, 3.05) is 20.3 Å². The SMILES string of the molecule is COC(=O)C(C)C(O)c1cc(Br)c2c(c1)OCCCO2. The van der Waals surface area contributed by atoms with Gasteiger partial charge in [0.15, 0.2) is 11.5 Å². The second-order valence-electron chi connectivity index (χ2n) is 4.64. The van der Waals surface area contributed by atoms with Crippen molar-refractivity contribution in [3.05, 3.63) is 22.2 Å². The number of methoxy groups -OCH3 is 1. The number of fused-ring (bicyclic) bond motifs is 1. The maximum Gasteiger partial charge on any atom is 0.311 e. The van der Waals surface area contributed by atoms with Crippen LogP contribution >= 0.6 is 15.9 Å². The topological polar surface area (TPSA) is 65.0 Å². The number of halogens is 1. The van der Waals surface area contributed by atoms with Crippen molar-refractivity contribution in [2.45, 2.75) is 19.4 Å². The van der Waals surface area contributed by atoms with E-state index in [9.17, 15) is 9.90 Å². The van der Waals surface area contributed by atoms with Gasteiger partial charge in [-0.05, 0) is 40.5 Å². The third-order valence-corrected chi connectivity index (χ3v) is 3.80. The smallest absolute Gasteiger partial charge is 0.311 e. The molecule has 0 radical (unpaired) electrons. The van der Waals surface area contributed by atoms with Crippen LogP contribution in [-0.4, -0.2) is 31.4 Å². The second kappa shape index (κ2) is 6.45. The van der Waals surface area contributed by atoms with E-state index in [0.29, 0.717) is 34.7 Å². The molecule has 6 heteroatoms. The molecule has 2 unspecified atom stereocenters. The minimum Gasteiger partial charge on any atom is -0.490 e. The zero-order valence-corrected chi connectivity index (χ0v) is 13.0. The van der Waals surface area contributed by atoms with Crippen LogP contribution in [0.2, 0.25) is 0 Å². The van der Waals surface area contributed by atoms with Crippen LogP contribution in [0.3, 0.4) is 0 Å². The van der Waals surface area contributed by atoms with Gasteiger partial charge in [0.05, 0.1) is 36.8 Å². The van der Waals surface area contributed by atoms with Crippen LogP contribution in [0, 0.1) is 5.92 Å². The Balaban J connectivity index is 2.31. The fraction of sp³-hybridized carbons (Fsp3) is 0.500. The average Bonchev–Trinajstić information content (AvgIpc) is 2.70. The Morgan fingerprint density at radius 3 is 2.80 bits per heavy atom. The van der Waals surface area contributed by atoms with E-state index in [0.717, 1.165) is 6.42 Å². The van der Waals surface area contributed by atoms with E-state index in [1.807, 2.05) is 0 Å². The highest BCUT2D eigenvalue weighted by Crippen LogP contribution is 2.40. The Bertz CT molecular complexity index is 503. The molecule has 0 spiro atoms. The molecular formula is C14H17BrO5. The standard InChI is InChI=1S/C14H17BrO5/c1-8(14(17)18-2)12(16)9-6-10(15)13-11(7-9)19-4-3-5-20-13/h6-8,12,16H,3-5H2,1-2H3. The quantitative estimate of drug-likeness (QED) is 0.853. The number of carbonyl (C=O) groups excluding carboxylic acids is 1. The van der Waals surface area contributed by atoms with Gasteiger partial charge < -0.3 is 19.3 Å². The molecule has 20 heavy (non-hydrogen) atoms. The summed E-state index contributed by atoms with van der Waals surface area (Å²) in [5.74, 6) is 0.0875. The molecule has 2 atom stereocenters. The Kier molecular flexibility index (Phi) is 4.88. The Morgan fingerprint density at radius 2 is 2.10 bits per heavy atom. The van der Waals surface area contributed by atoms with E-state index in [-0.39, 0.29) is 0 Å². The Labute approximate surface area is 126 Å². The summed E-state index contributed by atoms with van der Waals surface area (Å²) in [6.45, 7) is 2.77. The highest BCUT2D eigenvalue weighted by Gasteiger charge is 2.26. The number of esters is 1. The molecule has 5 nitrogen and oxygen atoms in total. The van der Waals surface area contributed by atoms with Crippen LogP contribution in [0.25, 0.3) is 0 Å². The van der Waals surface area contributed by atoms with E-state index in [4.69, 9.17) is 9.47 Å². The van der Waals surface area contributed by atoms with Crippen molar-refractivity contribution in [2.24, 2.45) is 5.92 Å². The molecule has 0 saturated carbocycles. The number of aliphatic hydroxyl groups is 1. The van der Waals surface area contributed by atoms with Gasteiger partial charge in [0.25, 0.3) is 0 Å². The minimum absolute atomic E-state index is 0.458. The van der Waals surface area contributed by atoms with Gasteiger partial charge in [0, 0.05) is 6.42 Å². The van der Waals surface area contributed by atoms with Crippen LogP contribution < -0.4 is 9.47 Å². The molecule has 0 fully saturated rings. The lowest BCUT2D eigenvalue weighted by molar-refractivity contribution is -0.148. The van der Waals surface area contributed by atoms with Crippen molar-refractivity contribution >= 4 is 21.9 Å². The molecule has 2 rings (SSSR count). The lowest BCUT2D eigenvalue weighted by Crippen LogP contribution is -2.20. The Morgan fingerprint density at radius 1 is 1.40 bits per heavy atom. The minimum atomic E-state index is -0.962. The lowest BCUT2D eigenvalue weighted by Gasteiger charge is -2.19. The van der Waals surface area contributed by atoms with Crippen LogP contribution in [-0.2, 0) is 9.53 Å². The first kappa shape index (κ1) is 15.1. The van der Waals surface area contributed by atoms with Gasteiger partial charge in [-0.3, -0.25) is 4.79 Å². The molecule has 1 aliphatic rings. The third kappa shape index (κ3) is 3.07. The average molecular weight is 345 g/mol. The number of aliphatic hydroxyl groups excluding tert-OH is 1. The molecule has 1 aromatic carbocycles. The highest BCUT2D eigenvalue weighted by molar-refractivity contribution is 9.10. The van der Waals surface area contributed by atoms with Crippen molar-refractivity contribution < 1.29 is 24.1 Å². The normalized spacial score (nSPS) is 17.0. The van der Waals surface area contributed by atoms with Gasteiger partial charge in [-0.25, -0.2) is 0 Å². The molecule has 1 aliphatic heterocycles. The van der Waals surface area contributed by atoms with Gasteiger partial charge in [0.2, 0.25) is 0 Å². The first-order chi connectivity index (χ1) is 9.54. The summed E-state index contributed by atoms with van der Waals surface area (Å²) in [7, 11) is 1.30. The number of benzene rings is 1. The predicted octanol–water partition coefficient (Wildman–Crippen LogP) is 2.45. The number of ether oxygens (including phenoxy) is 3. The summed E-state index contributed by atoms with van der Waals surface area (Å²) in [4.78, 5) is 11.5. The molecule has 0 aliphatic carbocycles. The van der Waals surface area contributed by atoms with Gasteiger partial charge in [-0.2, -0.15) is 0 Å². The van der Waals surface area contributed by atoms with Gasteiger partial charge in [0.1, 0.15) is 0 Å². The molecule has 1 N–H and O–H groups in total. The first-order valence-corrected chi connectivity index (χ1v) is 7.19. The Hall–Kier alpha value is -1.27. The highest BCUT2D eigenvalue weighted by atomic mass is 79.9. The number of rotatable bonds is 3. The fourth-order valence-electron chi connectivity index (χ4n) is 2.02. The van der Waals surface area contributed by atoms with Crippen LogP contribution in [0.4, 0.5) is 0 Å². The van der Waals surface area contributed by atoms with E-state index in [1.54, 1.807) is 19.1 Å². The molecule has 0 amide bonds. The fourth-order valence-corrected chi connectivity index (χ4v) is 2.60. The monoisotopic (exact) mass is 344 g/mol. The molecule has 0 aromatic heterocycles. The summed E-state index contributed by atoms with van der Waals surface area (Å²) < 4.78 is 16.6. The van der Waals surface area contributed by atoms with Crippen LogP contribution in [0.15, 0.2) is 16.6 Å². The maximum absolute atomic E-state index is 11.5. The molecular weight excluding hydrogens is 328 g/mol. The van der Waals surface area contributed by atoms with E-state index >= 15 is 0 Å². The van der Waals surface area contributed by atoms with E-state index in [1.165, 1.54) is 7.11 Å². The largest absolute Gasteiger partial charge is 0.490 e. The van der Waals surface area contributed by atoms with Crippen molar-refractivity contribution in [1.29, 1.82) is 0 Å². The third-order valence-electron chi connectivity index (χ3n) is 3.21. The lowest BCUT2D eigenvalue weighted by atomic mass is 9.97. The molecule has 1 aromatic rings.